The van der Waals surface area contributed by atoms with Crippen molar-refractivity contribution >= 4 is 11.9 Å². The molecule has 0 heterocycles. The average Bonchev–Trinajstić information content (AvgIpc) is 2.55. The quantitative estimate of drug-likeness (QED) is 0.502. The van der Waals surface area contributed by atoms with Gasteiger partial charge in [-0.1, -0.05) is 48.5 Å². The van der Waals surface area contributed by atoms with Crippen molar-refractivity contribution in [1.29, 1.82) is 0 Å². The summed E-state index contributed by atoms with van der Waals surface area (Å²) in [5.41, 5.74) is 2.60. The highest BCUT2D eigenvalue weighted by Gasteiger charge is 2.60. The molecule has 0 saturated heterocycles. The van der Waals surface area contributed by atoms with E-state index in [0.717, 1.165) is 0 Å². The number of carbonyl (C=O) groups excluding carboxylic acids is 2. The third kappa shape index (κ3) is 5.76. The van der Waals surface area contributed by atoms with Crippen molar-refractivity contribution in [2.45, 2.75) is 94.5 Å². The summed E-state index contributed by atoms with van der Waals surface area (Å²) < 4.78 is 10.6. The predicted molar refractivity (Wildman–Crippen MR) is 121 cm³/mol. The first-order valence-electron chi connectivity index (χ1n) is 10.8. The fourth-order valence-corrected chi connectivity index (χ4v) is 4.48. The number of hydrogen-bond donors (Lipinski definition) is 2. The van der Waals surface area contributed by atoms with Crippen LogP contribution in [0.4, 0.5) is 0 Å². The number of nitrogens with two attached hydrogens (primary N) is 1. The average molecular weight is 430 g/mol. The monoisotopic (exact) mass is 429 g/mol. The highest BCUT2D eigenvalue weighted by atomic mass is 16.5. The van der Waals surface area contributed by atoms with Gasteiger partial charge in [0.25, 0.3) is 0 Å². The summed E-state index contributed by atoms with van der Waals surface area (Å²) in [7, 11) is 1.41. The number of hydrogen-bond acceptors (Lipinski definition) is 6. The van der Waals surface area contributed by atoms with Gasteiger partial charge in [-0.2, -0.15) is 0 Å². The molecule has 0 aromatic rings. The lowest BCUT2D eigenvalue weighted by molar-refractivity contribution is -0.180. The Morgan fingerprint density at radius 3 is 1.60 bits per heavy atom. The molecular formula is C24H47NO5. The van der Waals surface area contributed by atoms with Crippen molar-refractivity contribution < 1.29 is 24.2 Å². The topological polar surface area (TPSA) is 98.9 Å². The summed E-state index contributed by atoms with van der Waals surface area (Å²) in [4.78, 5) is 26.1. The molecule has 0 aliphatic carbocycles. The molecule has 30 heavy (non-hydrogen) atoms. The SMILES string of the molecule is COC(=O)C(C)(CC(C)(C)C(C)(C)C(C)(CC(C)(C)N)C(=O)OCCO)C(C)(C)C. The Morgan fingerprint density at radius 1 is 0.800 bits per heavy atom. The van der Waals surface area contributed by atoms with Gasteiger partial charge in [0.05, 0.1) is 24.5 Å². The molecule has 3 N–H and O–H groups in total. The lowest BCUT2D eigenvalue weighted by Crippen LogP contribution is -2.57. The van der Waals surface area contributed by atoms with Crippen LogP contribution in [0.3, 0.4) is 0 Å². The van der Waals surface area contributed by atoms with E-state index in [9.17, 15) is 9.59 Å². The maximum atomic E-state index is 13.3. The Kier molecular flexibility index (Phi) is 8.81. The van der Waals surface area contributed by atoms with Crippen molar-refractivity contribution in [3.8, 4) is 0 Å². The molecule has 0 bridgehead atoms. The summed E-state index contributed by atoms with van der Waals surface area (Å²) in [6.45, 7) is 21.7. The summed E-state index contributed by atoms with van der Waals surface area (Å²) >= 11 is 0. The number of methoxy groups -OCH3 is 1. The van der Waals surface area contributed by atoms with Gasteiger partial charge in [-0.05, 0) is 56.8 Å². The molecule has 0 aliphatic heterocycles. The minimum absolute atomic E-state index is 0.0577. The second kappa shape index (κ2) is 9.15. The van der Waals surface area contributed by atoms with E-state index in [1.807, 2.05) is 62.3 Å². The number of carbonyl (C=O) groups is 2. The highest BCUT2D eigenvalue weighted by molar-refractivity contribution is 5.79. The van der Waals surface area contributed by atoms with Crippen LogP contribution in [0, 0.1) is 27.1 Å². The standard InChI is InChI=1S/C24H47NO5/c1-19(2,3)23(10,17(27)29-12)15-20(4,5)22(8,9)24(11,16-21(6,7)25)18(28)30-14-13-26/h26H,13-16,25H2,1-12H3. The Bertz CT molecular complexity index is 612. The Balaban J connectivity index is 6.48. The molecule has 0 aromatic carbocycles. The van der Waals surface area contributed by atoms with E-state index >= 15 is 0 Å². The predicted octanol–water partition coefficient (Wildman–Crippen LogP) is 4.32. The third-order valence-corrected chi connectivity index (χ3v) is 7.74. The van der Waals surface area contributed by atoms with Gasteiger partial charge in [-0.3, -0.25) is 9.59 Å². The van der Waals surface area contributed by atoms with Crippen LogP contribution >= 0.6 is 0 Å². The first-order chi connectivity index (χ1) is 13.1. The minimum atomic E-state index is -0.946. The van der Waals surface area contributed by atoms with Crippen molar-refractivity contribution in [2.24, 2.45) is 32.8 Å². The van der Waals surface area contributed by atoms with Crippen LogP contribution in [0.15, 0.2) is 0 Å². The van der Waals surface area contributed by atoms with Crippen LogP contribution < -0.4 is 5.73 Å². The molecule has 6 heteroatoms. The maximum absolute atomic E-state index is 13.3. The Hall–Kier alpha value is -1.14. The Labute approximate surface area is 184 Å². The first kappa shape index (κ1) is 28.9. The zero-order valence-electron chi connectivity index (χ0n) is 21.5. The van der Waals surface area contributed by atoms with E-state index in [0.29, 0.717) is 12.8 Å². The third-order valence-electron chi connectivity index (χ3n) is 7.74. The number of esters is 2. The van der Waals surface area contributed by atoms with Gasteiger partial charge in [0, 0.05) is 5.54 Å². The van der Waals surface area contributed by atoms with E-state index in [1.165, 1.54) is 7.11 Å². The van der Waals surface area contributed by atoms with Gasteiger partial charge < -0.3 is 20.3 Å². The van der Waals surface area contributed by atoms with Crippen LogP contribution in [0.5, 0.6) is 0 Å². The van der Waals surface area contributed by atoms with E-state index in [2.05, 4.69) is 13.8 Å². The molecular weight excluding hydrogens is 382 g/mol. The van der Waals surface area contributed by atoms with Crippen LogP contribution in [-0.2, 0) is 19.1 Å². The lowest BCUT2D eigenvalue weighted by Gasteiger charge is -2.56. The molecule has 0 amide bonds. The van der Waals surface area contributed by atoms with Crippen LogP contribution in [0.1, 0.15) is 89.0 Å². The fraction of sp³-hybridized carbons (Fsp3) is 0.917. The molecule has 0 fully saturated rings. The molecule has 0 saturated carbocycles. The first-order valence-corrected chi connectivity index (χ1v) is 10.8. The summed E-state index contributed by atoms with van der Waals surface area (Å²) in [5, 5.41) is 9.15. The van der Waals surface area contributed by atoms with E-state index in [4.69, 9.17) is 20.3 Å². The summed E-state index contributed by atoms with van der Waals surface area (Å²) in [6.07, 6.45) is 0.905. The lowest BCUT2D eigenvalue weighted by atomic mass is 9.47. The second-order valence-electron chi connectivity index (χ2n) is 12.1. The molecule has 0 spiro atoms. The largest absolute Gasteiger partial charge is 0.469 e. The summed E-state index contributed by atoms with van der Waals surface area (Å²) in [6, 6.07) is 0. The highest BCUT2D eigenvalue weighted by Crippen LogP contribution is 2.60. The van der Waals surface area contributed by atoms with Crippen molar-refractivity contribution in [3.63, 3.8) is 0 Å². The summed E-state index contributed by atoms with van der Waals surface area (Å²) in [5.74, 6) is -0.647. The zero-order chi connectivity index (χ0) is 24.4. The zero-order valence-corrected chi connectivity index (χ0v) is 21.5. The van der Waals surface area contributed by atoms with Gasteiger partial charge >= 0.3 is 11.9 Å². The normalized spacial score (nSPS) is 17.7. The molecule has 0 radical (unpaired) electrons. The maximum Gasteiger partial charge on any atom is 0.312 e. The number of aliphatic hydroxyl groups is 1. The molecule has 0 aliphatic rings. The van der Waals surface area contributed by atoms with Gasteiger partial charge in [-0.25, -0.2) is 0 Å². The van der Waals surface area contributed by atoms with Gasteiger partial charge in [0.1, 0.15) is 6.61 Å². The minimum Gasteiger partial charge on any atom is -0.469 e. The van der Waals surface area contributed by atoms with Crippen molar-refractivity contribution in [1.82, 2.24) is 0 Å². The van der Waals surface area contributed by atoms with Crippen LogP contribution in [0.2, 0.25) is 0 Å². The Morgan fingerprint density at radius 2 is 1.27 bits per heavy atom. The number of aliphatic hydroxyl groups excluding tert-OH is 1. The molecule has 0 aromatic heterocycles. The van der Waals surface area contributed by atoms with E-state index in [1.54, 1.807) is 0 Å². The van der Waals surface area contributed by atoms with Gasteiger partial charge in [0.15, 0.2) is 0 Å². The number of ether oxygens (including phenoxy) is 2. The fourth-order valence-electron chi connectivity index (χ4n) is 4.48. The molecule has 2 unspecified atom stereocenters. The van der Waals surface area contributed by atoms with Gasteiger partial charge in [-0.15, -0.1) is 0 Å². The molecule has 6 nitrogen and oxygen atoms in total. The van der Waals surface area contributed by atoms with E-state index < -0.39 is 27.2 Å². The van der Waals surface area contributed by atoms with Crippen molar-refractivity contribution in [3.05, 3.63) is 0 Å². The van der Waals surface area contributed by atoms with Crippen LogP contribution in [0.25, 0.3) is 0 Å². The smallest absolute Gasteiger partial charge is 0.312 e. The van der Waals surface area contributed by atoms with E-state index in [-0.39, 0.29) is 30.6 Å². The molecule has 2 atom stereocenters. The van der Waals surface area contributed by atoms with Crippen molar-refractivity contribution in [2.75, 3.05) is 20.3 Å². The van der Waals surface area contributed by atoms with Gasteiger partial charge in [0.2, 0.25) is 0 Å². The molecule has 0 rings (SSSR count). The second-order valence-corrected chi connectivity index (χ2v) is 12.1. The number of rotatable bonds is 10. The van der Waals surface area contributed by atoms with Crippen LogP contribution in [-0.4, -0.2) is 42.9 Å². The molecule has 178 valence electrons.